The number of likely N-dealkylation sites (tertiary alicyclic amines) is 2. The number of benzene rings is 1. The number of rotatable bonds is 5. The summed E-state index contributed by atoms with van der Waals surface area (Å²) in [6.45, 7) is 3.46. The van der Waals surface area contributed by atoms with Crippen LogP contribution in [0.5, 0.6) is 5.75 Å². The van der Waals surface area contributed by atoms with Gasteiger partial charge in [0.15, 0.2) is 0 Å². The normalized spacial score (nSPS) is 17.6. The largest absolute Gasteiger partial charge is 0.489 e. The lowest BCUT2D eigenvalue weighted by Gasteiger charge is -2.35. The molecular weight excluding hydrogens is 378 g/mol. The van der Waals surface area contributed by atoms with E-state index in [2.05, 4.69) is 4.98 Å². The Bertz CT molecular complexity index is 857. The van der Waals surface area contributed by atoms with Crippen molar-refractivity contribution in [1.29, 1.82) is 0 Å². The number of ether oxygens (including phenoxy) is 1. The van der Waals surface area contributed by atoms with Gasteiger partial charge in [-0.1, -0.05) is 12.1 Å². The Hall–Kier alpha value is -2.89. The maximum Gasteiger partial charge on any atom is 0.253 e. The molecule has 6 heteroatoms. The molecule has 2 aliphatic heterocycles. The number of amides is 2. The van der Waals surface area contributed by atoms with Crippen LogP contribution in [0.25, 0.3) is 0 Å². The second kappa shape index (κ2) is 9.74. The van der Waals surface area contributed by atoms with Gasteiger partial charge in [0.25, 0.3) is 5.91 Å². The molecule has 0 atom stereocenters. The van der Waals surface area contributed by atoms with Crippen LogP contribution in [-0.4, -0.2) is 52.8 Å². The van der Waals surface area contributed by atoms with Gasteiger partial charge in [0.2, 0.25) is 5.91 Å². The molecule has 2 aromatic rings. The molecule has 0 radical (unpaired) electrons. The zero-order valence-corrected chi connectivity index (χ0v) is 17.3. The van der Waals surface area contributed by atoms with E-state index in [1.807, 2.05) is 40.1 Å². The Balaban J connectivity index is 1.31. The first-order valence-corrected chi connectivity index (χ1v) is 10.9. The standard InChI is InChI=1S/C24H29N3O3/c28-23(26-12-2-1-3-13-26)20-9-14-27(15-10-20)24(29)21-7-4-8-22(16-21)30-18-19-6-5-11-25-17-19/h4-8,11,16-17,20H,1-3,9-10,12-15,18H2. The number of pyridine rings is 1. The summed E-state index contributed by atoms with van der Waals surface area (Å²) in [6, 6.07) is 11.2. The number of aromatic nitrogens is 1. The molecule has 2 saturated heterocycles. The Morgan fingerprint density at radius 3 is 2.50 bits per heavy atom. The lowest BCUT2D eigenvalue weighted by Crippen LogP contribution is -2.45. The molecule has 1 aromatic carbocycles. The lowest BCUT2D eigenvalue weighted by atomic mass is 9.94. The molecule has 0 N–H and O–H groups in total. The van der Waals surface area contributed by atoms with Crippen LogP contribution in [0.2, 0.25) is 0 Å². The van der Waals surface area contributed by atoms with Gasteiger partial charge < -0.3 is 14.5 Å². The fraction of sp³-hybridized carbons (Fsp3) is 0.458. The molecular formula is C24H29N3O3. The quantitative estimate of drug-likeness (QED) is 0.761. The molecule has 158 valence electrons. The van der Waals surface area contributed by atoms with E-state index in [0.29, 0.717) is 31.0 Å². The van der Waals surface area contributed by atoms with Crippen molar-refractivity contribution in [2.75, 3.05) is 26.2 Å². The Kier molecular flexibility index (Phi) is 6.62. The topological polar surface area (TPSA) is 62.7 Å². The molecule has 6 nitrogen and oxygen atoms in total. The van der Waals surface area contributed by atoms with Crippen LogP contribution in [0, 0.1) is 5.92 Å². The Morgan fingerprint density at radius 2 is 1.77 bits per heavy atom. The minimum Gasteiger partial charge on any atom is -0.489 e. The highest BCUT2D eigenvalue weighted by molar-refractivity contribution is 5.94. The SMILES string of the molecule is O=C(c1cccc(OCc2cccnc2)c1)N1CCC(C(=O)N2CCCCC2)CC1. The van der Waals surface area contributed by atoms with Crippen molar-refractivity contribution in [2.45, 2.75) is 38.7 Å². The zero-order valence-electron chi connectivity index (χ0n) is 17.3. The van der Waals surface area contributed by atoms with Crippen molar-refractivity contribution in [2.24, 2.45) is 5.92 Å². The van der Waals surface area contributed by atoms with Crippen LogP contribution in [-0.2, 0) is 11.4 Å². The van der Waals surface area contributed by atoms with Crippen molar-refractivity contribution in [3.05, 3.63) is 59.9 Å². The summed E-state index contributed by atoms with van der Waals surface area (Å²) in [4.78, 5) is 33.7. The summed E-state index contributed by atoms with van der Waals surface area (Å²) in [6.07, 6.45) is 8.44. The van der Waals surface area contributed by atoms with Gasteiger partial charge in [-0.05, 0) is 56.4 Å². The lowest BCUT2D eigenvalue weighted by molar-refractivity contribution is -0.137. The van der Waals surface area contributed by atoms with Gasteiger partial charge >= 0.3 is 0 Å². The third-order valence-corrected chi connectivity index (χ3v) is 6.01. The van der Waals surface area contributed by atoms with Gasteiger partial charge in [-0.3, -0.25) is 14.6 Å². The monoisotopic (exact) mass is 407 g/mol. The van der Waals surface area contributed by atoms with E-state index in [-0.39, 0.29) is 17.7 Å². The molecule has 4 rings (SSSR count). The van der Waals surface area contributed by atoms with E-state index in [0.717, 1.165) is 44.3 Å². The highest BCUT2D eigenvalue weighted by atomic mass is 16.5. The fourth-order valence-electron chi connectivity index (χ4n) is 4.25. The van der Waals surface area contributed by atoms with Crippen molar-refractivity contribution in [3.8, 4) is 5.75 Å². The van der Waals surface area contributed by atoms with Gasteiger partial charge in [-0.2, -0.15) is 0 Å². The zero-order chi connectivity index (χ0) is 20.8. The molecule has 30 heavy (non-hydrogen) atoms. The van der Waals surface area contributed by atoms with E-state index < -0.39 is 0 Å². The Labute approximate surface area is 177 Å². The van der Waals surface area contributed by atoms with Crippen molar-refractivity contribution in [1.82, 2.24) is 14.8 Å². The molecule has 0 spiro atoms. The number of hydrogen-bond acceptors (Lipinski definition) is 4. The highest BCUT2D eigenvalue weighted by Gasteiger charge is 2.31. The molecule has 1 aromatic heterocycles. The maximum atomic E-state index is 13.0. The molecule has 0 bridgehead atoms. The van der Waals surface area contributed by atoms with E-state index >= 15 is 0 Å². The first kappa shape index (κ1) is 20.4. The van der Waals surface area contributed by atoms with Crippen LogP contribution in [0.4, 0.5) is 0 Å². The third kappa shape index (κ3) is 4.99. The van der Waals surface area contributed by atoms with Crippen LogP contribution < -0.4 is 4.74 Å². The van der Waals surface area contributed by atoms with Gasteiger partial charge in [0, 0.05) is 55.6 Å². The molecule has 2 aliphatic rings. The number of carbonyl (C=O) groups is 2. The third-order valence-electron chi connectivity index (χ3n) is 6.01. The highest BCUT2D eigenvalue weighted by Crippen LogP contribution is 2.24. The van der Waals surface area contributed by atoms with E-state index in [1.54, 1.807) is 18.5 Å². The maximum absolute atomic E-state index is 13.0. The summed E-state index contributed by atoms with van der Waals surface area (Å²) < 4.78 is 5.82. The second-order valence-electron chi connectivity index (χ2n) is 8.13. The van der Waals surface area contributed by atoms with Gasteiger partial charge in [0.05, 0.1) is 0 Å². The summed E-state index contributed by atoms with van der Waals surface area (Å²) in [5.41, 5.74) is 1.61. The smallest absolute Gasteiger partial charge is 0.253 e. The van der Waals surface area contributed by atoms with Gasteiger partial charge in [-0.15, -0.1) is 0 Å². The first-order valence-electron chi connectivity index (χ1n) is 10.9. The van der Waals surface area contributed by atoms with Crippen molar-refractivity contribution < 1.29 is 14.3 Å². The molecule has 0 aliphatic carbocycles. The minimum absolute atomic E-state index is 0.00528. The molecule has 2 amide bonds. The van der Waals surface area contributed by atoms with Crippen LogP contribution >= 0.6 is 0 Å². The van der Waals surface area contributed by atoms with E-state index in [9.17, 15) is 9.59 Å². The molecule has 0 saturated carbocycles. The summed E-state index contributed by atoms with van der Waals surface area (Å²) in [5, 5.41) is 0. The first-order chi connectivity index (χ1) is 14.7. The van der Waals surface area contributed by atoms with E-state index in [1.165, 1.54) is 6.42 Å². The van der Waals surface area contributed by atoms with E-state index in [4.69, 9.17) is 4.74 Å². The molecule has 2 fully saturated rings. The van der Waals surface area contributed by atoms with Crippen LogP contribution in [0.3, 0.4) is 0 Å². The summed E-state index contributed by atoms with van der Waals surface area (Å²) in [7, 11) is 0. The van der Waals surface area contributed by atoms with Gasteiger partial charge in [0.1, 0.15) is 12.4 Å². The van der Waals surface area contributed by atoms with Crippen molar-refractivity contribution in [3.63, 3.8) is 0 Å². The minimum atomic E-state index is 0.00528. The second-order valence-corrected chi connectivity index (χ2v) is 8.13. The predicted molar refractivity (Wildman–Crippen MR) is 114 cm³/mol. The number of nitrogens with zero attached hydrogens (tertiary/aromatic N) is 3. The number of hydrogen-bond donors (Lipinski definition) is 0. The van der Waals surface area contributed by atoms with Crippen LogP contribution in [0.15, 0.2) is 48.8 Å². The van der Waals surface area contributed by atoms with Gasteiger partial charge in [-0.25, -0.2) is 0 Å². The summed E-state index contributed by atoms with van der Waals surface area (Å²) >= 11 is 0. The number of piperidine rings is 2. The molecule has 3 heterocycles. The predicted octanol–water partition coefficient (Wildman–Crippen LogP) is 3.53. The Morgan fingerprint density at radius 1 is 0.967 bits per heavy atom. The average Bonchev–Trinajstić information content (AvgIpc) is 2.83. The average molecular weight is 408 g/mol. The van der Waals surface area contributed by atoms with Crippen LogP contribution in [0.1, 0.15) is 48.0 Å². The molecule has 0 unspecified atom stereocenters. The fourth-order valence-corrected chi connectivity index (χ4v) is 4.25. The van der Waals surface area contributed by atoms with Crippen molar-refractivity contribution >= 4 is 11.8 Å². The number of carbonyl (C=O) groups excluding carboxylic acids is 2. The summed E-state index contributed by atoms with van der Waals surface area (Å²) in [5.74, 6) is 1.01.